The molecule has 0 saturated carbocycles. The number of carbonyl (C=O) groups is 1. The van der Waals surface area contributed by atoms with E-state index in [1.54, 1.807) is 24.1 Å². The maximum Gasteiger partial charge on any atom is 0.416 e. The van der Waals surface area contributed by atoms with Gasteiger partial charge in [0, 0.05) is 28.9 Å². The van der Waals surface area contributed by atoms with E-state index in [4.69, 9.17) is 30.5 Å². The summed E-state index contributed by atoms with van der Waals surface area (Å²) in [6, 6.07) is 15.0. The van der Waals surface area contributed by atoms with Crippen LogP contribution in [0.4, 0.5) is 4.79 Å². The molecular weight excluding hydrogens is 572 g/mol. The van der Waals surface area contributed by atoms with E-state index in [1.807, 2.05) is 48.6 Å². The molecule has 2 aliphatic heterocycles. The summed E-state index contributed by atoms with van der Waals surface area (Å²) in [5, 5.41) is 4.45. The number of rotatable bonds is 9. The first-order chi connectivity index (χ1) is 18.5. The highest BCUT2D eigenvalue weighted by atomic mass is 79.9. The third-order valence-corrected chi connectivity index (χ3v) is 7.58. The number of hydrogen-bond donors (Lipinski definition) is 1. The lowest BCUT2D eigenvalue weighted by Crippen LogP contribution is -2.43. The summed E-state index contributed by atoms with van der Waals surface area (Å²) in [4.78, 5) is 15.2. The molecule has 1 N–H and O–H groups in total. The predicted molar refractivity (Wildman–Crippen MR) is 149 cm³/mol. The number of amides is 1. The Morgan fingerprint density at radius 1 is 1.05 bits per heavy atom. The van der Waals surface area contributed by atoms with E-state index in [1.165, 1.54) is 11.1 Å². The minimum Gasteiger partial charge on any atom is -0.491 e. The van der Waals surface area contributed by atoms with Crippen molar-refractivity contribution in [1.82, 2.24) is 10.2 Å². The monoisotopic (exact) mass is 600 g/mol. The normalized spacial score (nSPS) is 20.2. The number of nitrogens with one attached hydrogen (secondary N) is 1. The number of fused-ring (bicyclic) bond motifs is 2. The van der Waals surface area contributed by atoms with Crippen LogP contribution in [0, 0.1) is 0 Å². The summed E-state index contributed by atoms with van der Waals surface area (Å²) >= 11 is 9.78. The van der Waals surface area contributed by atoms with Gasteiger partial charge in [-0.25, -0.2) is 4.79 Å². The highest BCUT2D eigenvalue weighted by Gasteiger charge is 2.42. The summed E-state index contributed by atoms with van der Waals surface area (Å²) in [6.45, 7) is 2.55. The molecule has 5 rings (SSSR count). The fourth-order valence-electron chi connectivity index (χ4n) is 4.98. The Balaban J connectivity index is 1.37. The van der Waals surface area contributed by atoms with Gasteiger partial charge < -0.3 is 24.3 Å². The van der Waals surface area contributed by atoms with E-state index >= 15 is 0 Å². The fraction of sp³-hybridized carbons (Fsp3) is 0.345. The van der Waals surface area contributed by atoms with Crippen molar-refractivity contribution < 1.29 is 23.7 Å². The van der Waals surface area contributed by atoms with Crippen LogP contribution < -0.4 is 14.8 Å². The predicted octanol–water partition coefficient (Wildman–Crippen LogP) is 6.12. The van der Waals surface area contributed by atoms with Gasteiger partial charge in [-0.3, -0.25) is 4.90 Å². The molecule has 38 heavy (non-hydrogen) atoms. The highest BCUT2D eigenvalue weighted by molar-refractivity contribution is 9.10. The second-order valence-corrected chi connectivity index (χ2v) is 10.6. The molecular formula is C29H30BrClN2O5. The zero-order valence-electron chi connectivity index (χ0n) is 21.1. The summed E-state index contributed by atoms with van der Waals surface area (Å²) in [6.07, 6.45) is 5.22. The van der Waals surface area contributed by atoms with E-state index in [0.717, 1.165) is 39.4 Å². The Labute approximate surface area is 236 Å². The number of benzene rings is 2. The van der Waals surface area contributed by atoms with Crippen molar-refractivity contribution >= 4 is 33.6 Å². The molecule has 2 unspecified atom stereocenters. The second-order valence-electron chi connectivity index (χ2n) is 9.20. The van der Waals surface area contributed by atoms with Gasteiger partial charge in [-0.05, 0) is 72.0 Å². The van der Waals surface area contributed by atoms with Crippen LogP contribution in [0.3, 0.4) is 0 Å². The smallest absolute Gasteiger partial charge is 0.416 e. The summed E-state index contributed by atoms with van der Waals surface area (Å²) in [7, 11) is 1.65. The van der Waals surface area contributed by atoms with E-state index < -0.39 is 0 Å². The molecule has 2 atom stereocenters. The second kappa shape index (κ2) is 12.4. The lowest BCUT2D eigenvalue weighted by Gasteiger charge is -2.36. The van der Waals surface area contributed by atoms with Crippen LogP contribution in [0.2, 0.25) is 0 Å². The number of methoxy groups -OCH3 is 1. The molecule has 0 bridgehead atoms. The molecule has 2 aromatic carbocycles. The van der Waals surface area contributed by atoms with Gasteiger partial charge in [0.2, 0.25) is 0 Å². The lowest BCUT2D eigenvalue weighted by atomic mass is 9.89. The maximum atomic E-state index is 13.5. The summed E-state index contributed by atoms with van der Waals surface area (Å²) in [5.41, 5.74) is 4.44. The molecule has 9 heteroatoms. The topological polar surface area (TPSA) is 69.3 Å². The van der Waals surface area contributed by atoms with Gasteiger partial charge in [0.1, 0.15) is 24.1 Å². The molecule has 0 aromatic heterocycles. The molecule has 200 valence electrons. The number of ether oxygens (including phenoxy) is 4. The first kappa shape index (κ1) is 26.8. The van der Waals surface area contributed by atoms with Gasteiger partial charge in [-0.15, -0.1) is 0 Å². The average Bonchev–Trinajstić information content (AvgIpc) is 3.29. The van der Waals surface area contributed by atoms with Crippen LogP contribution >= 0.6 is 27.5 Å². The molecule has 0 saturated heterocycles. The molecule has 1 amide bonds. The number of carbonyl (C=O) groups excluding carboxylic acids is 1. The van der Waals surface area contributed by atoms with Crippen molar-refractivity contribution in [3.63, 3.8) is 0 Å². The van der Waals surface area contributed by atoms with Crippen LogP contribution in [0.1, 0.15) is 24.4 Å². The van der Waals surface area contributed by atoms with Crippen LogP contribution in [-0.4, -0.2) is 57.1 Å². The Morgan fingerprint density at radius 2 is 1.79 bits per heavy atom. The first-order valence-electron chi connectivity index (χ1n) is 12.6. The van der Waals surface area contributed by atoms with E-state index in [-0.39, 0.29) is 18.2 Å². The zero-order chi connectivity index (χ0) is 26.5. The third kappa shape index (κ3) is 6.10. The van der Waals surface area contributed by atoms with Crippen molar-refractivity contribution in [3.8, 4) is 11.5 Å². The number of halogens is 2. The first-order valence-corrected chi connectivity index (χ1v) is 13.8. The van der Waals surface area contributed by atoms with Crippen LogP contribution in [-0.2, 0) is 9.47 Å². The van der Waals surface area contributed by atoms with Crippen molar-refractivity contribution in [1.29, 1.82) is 0 Å². The van der Waals surface area contributed by atoms with Crippen LogP contribution in [0.15, 0.2) is 87.0 Å². The molecule has 1 aliphatic carbocycles. The maximum absolute atomic E-state index is 13.5. The minimum atomic E-state index is -0.390. The Kier molecular flexibility index (Phi) is 8.74. The zero-order valence-corrected chi connectivity index (χ0v) is 23.5. The van der Waals surface area contributed by atoms with Gasteiger partial charge in [-0.2, -0.15) is 0 Å². The van der Waals surface area contributed by atoms with Gasteiger partial charge in [0.15, 0.2) is 0 Å². The largest absolute Gasteiger partial charge is 0.491 e. The highest BCUT2D eigenvalue weighted by Crippen LogP contribution is 2.44. The molecule has 0 spiro atoms. The van der Waals surface area contributed by atoms with Crippen LogP contribution in [0.25, 0.3) is 0 Å². The fourth-order valence-corrected chi connectivity index (χ4v) is 5.46. The van der Waals surface area contributed by atoms with Crippen molar-refractivity contribution in [2.75, 3.05) is 40.1 Å². The Hall–Kier alpha value is -2.78. The summed E-state index contributed by atoms with van der Waals surface area (Å²) < 4.78 is 23.0. The molecule has 0 fully saturated rings. The Morgan fingerprint density at radius 3 is 2.55 bits per heavy atom. The van der Waals surface area contributed by atoms with Crippen molar-refractivity contribution in [2.24, 2.45) is 0 Å². The van der Waals surface area contributed by atoms with Crippen molar-refractivity contribution in [2.45, 2.75) is 24.9 Å². The van der Waals surface area contributed by atoms with Gasteiger partial charge in [0.05, 0.1) is 25.9 Å². The van der Waals surface area contributed by atoms with Crippen molar-refractivity contribution in [3.05, 3.63) is 92.6 Å². The molecule has 7 nitrogen and oxygen atoms in total. The average molecular weight is 602 g/mol. The van der Waals surface area contributed by atoms with E-state index in [0.29, 0.717) is 38.7 Å². The number of nitrogens with zero attached hydrogens (tertiary/aromatic N) is 1. The van der Waals surface area contributed by atoms with Gasteiger partial charge in [-0.1, -0.05) is 45.7 Å². The lowest BCUT2D eigenvalue weighted by molar-refractivity contribution is 0.0544. The quantitative estimate of drug-likeness (QED) is 0.350. The molecule has 0 radical (unpaired) electrons. The van der Waals surface area contributed by atoms with Crippen LogP contribution in [0.5, 0.6) is 11.5 Å². The number of hydrogen-bond acceptors (Lipinski definition) is 6. The third-order valence-electron chi connectivity index (χ3n) is 6.79. The SMILES string of the molecule is COCCOCCOc1ccc(C2C3=C(CCN2C(=O)Oc2ccc(Br)cc2)C2=CC(Cl)=CCC2N3)cc1. The standard InChI is InChI=1S/C29H30BrClN2O5/c1-35-14-15-36-16-17-37-22-7-2-19(3-8-22)28-27-24(25-18-21(31)6-11-26(25)32-27)12-13-33(28)29(34)38-23-9-4-20(30)5-10-23/h2-10,18,26,28,32H,11-17H2,1H3. The summed E-state index contributed by atoms with van der Waals surface area (Å²) in [5.74, 6) is 1.24. The number of allylic oxidation sites excluding steroid dienone is 2. The van der Waals surface area contributed by atoms with E-state index in [9.17, 15) is 4.79 Å². The molecule has 2 aromatic rings. The minimum absolute atomic E-state index is 0.160. The molecule has 3 aliphatic rings. The molecule has 2 heterocycles. The Bertz CT molecular complexity index is 1240. The van der Waals surface area contributed by atoms with Gasteiger partial charge in [0.25, 0.3) is 0 Å². The van der Waals surface area contributed by atoms with E-state index in [2.05, 4.69) is 21.2 Å². The van der Waals surface area contributed by atoms with Gasteiger partial charge >= 0.3 is 6.09 Å².